The van der Waals surface area contributed by atoms with Crippen molar-refractivity contribution in [2.75, 3.05) is 33.8 Å². The van der Waals surface area contributed by atoms with Gasteiger partial charge in [-0.2, -0.15) is 0 Å². The Kier molecular flexibility index (Phi) is 6.20. The highest BCUT2D eigenvalue weighted by atomic mass is 16.4. The second kappa shape index (κ2) is 9.04. The van der Waals surface area contributed by atoms with Crippen molar-refractivity contribution in [2.45, 2.75) is 18.9 Å². The molecule has 0 spiro atoms. The normalized spacial score (nSPS) is 19.5. The molecule has 1 aliphatic rings. The van der Waals surface area contributed by atoms with Crippen molar-refractivity contribution in [1.29, 1.82) is 0 Å². The van der Waals surface area contributed by atoms with Crippen molar-refractivity contribution in [3.8, 4) is 11.1 Å². The van der Waals surface area contributed by atoms with Crippen molar-refractivity contribution in [1.82, 2.24) is 9.80 Å². The van der Waals surface area contributed by atoms with Crippen LogP contribution in [0.5, 0.6) is 0 Å². The summed E-state index contributed by atoms with van der Waals surface area (Å²) >= 11 is 0. The first-order chi connectivity index (χ1) is 15.0. The van der Waals surface area contributed by atoms with Gasteiger partial charge in [0.1, 0.15) is 5.58 Å². The third-order valence-corrected chi connectivity index (χ3v) is 6.16. The number of carbonyl (C=O) groups excluding carboxylic acids is 1. The van der Waals surface area contributed by atoms with Gasteiger partial charge in [-0.25, -0.2) is 4.79 Å². The first kappa shape index (κ1) is 21.3. The van der Waals surface area contributed by atoms with Crippen LogP contribution in [0.25, 0.3) is 22.1 Å². The quantitative estimate of drug-likeness (QED) is 0.656. The summed E-state index contributed by atoms with van der Waals surface area (Å²) in [6.07, 6.45) is 1.83. The first-order valence-corrected chi connectivity index (χ1v) is 10.7. The number of benzene rings is 2. The van der Waals surface area contributed by atoms with Crippen molar-refractivity contribution >= 4 is 16.9 Å². The smallest absolute Gasteiger partial charge is 0.344 e. The summed E-state index contributed by atoms with van der Waals surface area (Å²) in [7, 11) is 4.04. The fraction of sp³-hybridized carbons (Fsp3) is 0.360. The average Bonchev–Trinajstić information content (AvgIpc) is 3.01. The van der Waals surface area contributed by atoms with Gasteiger partial charge in [0, 0.05) is 36.7 Å². The van der Waals surface area contributed by atoms with Crippen molar-refractivity contribution in [3.63, 3.8) is 0 Å². The molecule has 1 fully saturated rings. The molecule has 3 aromatic rings. The number of amides is 1. The van der Waals surface area contributed by atoms with Gasteiger partial charge in [0.15, 0.2) is 0 Å². The van der Waals surface area contributed by atoms with E-state index in [1.165, 1.54) is 0 Å². The number of aliphatic hydroxyl groups excluding tert-OH is 1. The van der Waals surface area contributed by atoms with Crippen LogP contribution >= 0.6 is 0 Å². The number of likely N-dealkylation sites (N-methyl/N-ethyl adjacent to an activating group) is 1. The Balaban J connectivity index is 1.67. The second-order valence-corrected chi connectivity index (χ2v) is 8.52. The Bertz CT molecular complexity index is 1140. The Morgan fingerprint density at radius 2 is 1.90 bits per heavy atom. The topological polar surface area (TPSA) is 74.0 Å². The minimum Gasteiger partial charge on any atom is -0.422 e. The van der Waals surface area contributed by atoms with Gasteiger partial charge in [0.2, 0.25) is 0 Å². The lowest BCUT2D eigenvalue weighted by Gasteiger charge is -2.29. The Hall–Kier alpha value is -2.96. The number of nitrogens with zero attached hydrogens (tertiary/aromatic N) is 2. The van der Waals surface area contributed by atoms with Gasteiger partial charge in [0.25, 0.3) is 5.91 Å². The zero-order chi connectivity index (χ0) is 22.0. The summed E-state index contributed by atoms with van der Waals surface area (Å²) in [6.45, 7) is 1.22. The van der Waals surface area contributed by atoms with Crippen LogP contribution in [0.1, 0.15) is 23.2 Å². The van der Waals surface area contributed by atoms with E-state index < -0.39 is 5.63 Å². The molecule has 0 aliphatic carbocycles. The lowest BCUT2D eigenvalue weighted by atomic mass is 10.0. The van der Waals surface area contributed by atoms with Gasteiger partial charge in [0.05, 0.1) is 5.56 Å². The van der Waals surface area contributed by atoms with E-state index in [9.17, 15) is 14.7 Å². The van der Waals surface area contributed by atoms with Crippen LogP contribution in [0, 0.1) is 5.92 Å². The van der Waals surface area contributed by atoms with E-state index in [1.807, 2.05) is 43.3 Å². The second-order valence-electron chi connectivity index (χ2n) is 8.52. The maximum atomic E-state index is 13.4. The Morgan fingerprint density at radius 3 is 2.68 bits per heavy atom. The highest BCUT2D eigenvalue weighted by Crippen LogP contribution is 2.24. The van der Waals surface area contributed by atoms with Crippen LogP contribution in [0.3, 0.4) is 0 Å². The highest BCUT2D eigenvalue weighted by Gasteiger charge is 2.28. The van der Waals surface area contributed by atoms with Gasteiger partial charge in [-0.3, -0.25) is 4.79 Å². The molecule has 1 amide bonds. The summed E-state index contributed by atoms with van der Waals surface area (Å²) in [5.74, 6) is -0.0103. The molecule has 2 aromatic carbocycles. The number of carbonyl (C=O) groups is 1. The molecule has 0 bridgehead atoms. The maximum Gasteiger partial charge on any atom is 0.344 e. The largest absolute Gasteiger partial charge is 0.422 e. The molecule has 1 aliphatic heterocycles. The van der Waals surface area contributed by atoms with Crippen molar-refractivity contribution in [3.05, 3.63) is 70.6 Å². The average molecular weight is 421 g/mol. The predicted octanol–water partition coefficient (Wildman–Crippen LogP) is 3.23. The zero-order valence-corrected chi connectivity index (χ0v) is 18.0. The number of para-hydroxylation sites is 1. The van der Waals surface area contributed by atoms with Crippen LogP contribution in [0.15, 0.2) is 63.8 Å². The van der Waals surface area contributed by atoms with E-state index in [0.717, 1.165) is 18.2 Å². The Morgan fingerprint density at radius 1 is 1.10 bits per heavy atom. The SMILES string of the molecule is CN(C)[C@@H]1CC[C@H](CO)CN(C(=O)c2cccc(-c3cc4ccccc4oc3=O)c2)C1. The predicted molar refractivity (Wildman–Crippen MR) is 121 cm³/mol. The van der Waals surface area contributed by atoms with Crippen molar-refractivity contribution in [2.24, 2.45) is 5.92 Å². The van der Waals surface area contributed by atoms with Crippen LogP contribution in [-0.4, -0.2) is 60.6 Å². The Labute approximate surface area is 181 Å². The lowest BCUT2D eigenvalue weighted by molar-refractivity contribution is 0.0689. The molecule has 1 saturated heterocycles. The van der Waals surface area contributed by atoms with Gasteiger partial charge >= 0.3 is 5.63 Å². The highest BCUT2D eigenvalue weighted by molar-refractivity contribution is 5.95. The van der Waals surface area contributed by atoms with Crippen LogP contribution in [0.2, 0.25) is 0 Å². The lowest BCUT2D eigenvalue weighted by Crippen LogP contribution is -2.42. The number of hydrogen-bond donors (Lipinski definition) is 1. The van der Waals surface area contributed by atoms with Crippen molar-refractivity contribution < 1.29 is 14.3 Å². The standard InChI is InChI=1S/C25H28N2O4/c1-26(2)21-11-10-17(16-28)14-27(15-21)24(29)20-8-5-7-18(12-20)22-13-19-6-3-4-9-23(19)31-25(22)30/h3-9,12-13,17,21,28H,10-11,14-16H2,1-2H3/t17-,21+/m0/s1. The van der Waals surface area contributed by atoms with Gasteiger partial charge in [-0.15, -0.1) is 0 Å². The molecule has 6 nitrogen and oxygen atoms in total. The minimum atomic E-state index is -0.425. The maximum absolute atomic E-state index is 13.4. The minimum absolute atomic E-state index is 0.0715. The summed E-state index contributed by atoms with van der Waals surface area (Å²) in [6, 6.07) is 16.6. The molecule has 2 heterocycles. The summed E-state index contributed by atoms with van der Waals surface area (Å²) in [5.41, 5.74) is 1.73. The number of likely N-dealkylation sites (tertiary alicyclic amines) is 1. The fourth-order valence-corrected chi connectivity index (χ4v) is 4.25. The zero-order valence-electron chi connectivity index (χ0n) is 18.0. The number of fused-ring (bicyclic) bond motifs is 1. The third kappa shape index (κ3) is 4.55. The van der Waals surface area contributed by atoms with E-state index in [1.54, 1.807) is 30.3 Å². The molecule has 162 valence electrons. The first-order valence-electron chi connectivity index (χ1n) is 10.7. The van der Waals surface area contributed by atoms with Gasteiger partial charge < -0.3 is 19.3 Å². The van der Waals surface area contributed by atoms with Crippen LogP contribution in [0.4, 0.5) is 0 Å². The van der Waals surface area contributed by atoms with Crippen LogP contribution < -0.4 is 5.63 Å². The molecule has 6 heteroatoms. The molecule has 2 atom stereocenters. The molecule has 1 N–H and O–H groups in total. The van der Waals surface area contributed by atoms with E-state index in [2.05, 4.69) is 4.90 Å². The van der Waals surface area contributed by atoms with E-state index >= 15 is 0 Å². The third-order valence-electron chi connectivity index (χ3n) is 6.16. The number of rotatable bonds is 4. The molecule has 31 heavy (non-hydrogen) atoms. The number of hydrogen-bond acceptors (Lipinski definition) is 5. The van der Waals surface area contributed by atoms with Crippen LogP contribution in [-0.2, 0) is 0 Å². The molecule has 1 aromatic heterocycles. The van der Waals surface area contributed by atoms with E-state index in [4.69, 9.17) is 4.42 Å². The molecular weight excluding hydrogens is 392 g/mol. The van der Waals surface area contributed by atoms with Gasteiger partial charge in [-0.05, 0) is 62.7 Å². The summed E-state index contributed by atoms with van der Waals surface area (Å²) in [4.78, 5) is 29.9. The van der Waals surface area contributed by atoms with Gasteiger partial charge in [-0.1, -0.05) is 30.3 Å². The summed E-state index contributed by atoms with van der Waals surface area (Å²) < 4.78 is 5.47. The summed E-state index contributed by atoms with van der Waals surface area (Å²) in [5, 5.41) is 10.6. The molecule has 0 saturated carbocycles. The van der Waals surface area contributed by atoms with E-state index in [0.29, 0.717) is 35.4 Å². The fourth-order valence-electron chi connectivity index (χ4n) is 4.25. The molecule has 0 unspecified atom stereocenters. The molecular formula is C25H28N2O4. The molecule has 0 radical (unpaired) electrons. The van der Waals surface area contributed by atoms with E-state index in [-0.39, 0.29) is 24.5 Å². The number of aliphatic hydroxyl groups is 1. The monoisotopic (exact) mass is 420 g/mol. The molecule has 4 rings (SSSR count).